The van der Waals surface area contributed by atoms with Crippen LogP contribution in [0, 0.1) is 0 Å². The van der Waals surface area contributed by atoms with Crippen LogP contribution in [0.4, 0.5) is 13.2 Å². The zero-order valence-corrected chi connectivity index (χ0v) is 10.4. The number of esters is 1. The van der Waals surface area contributed by atoms with Gasteiger partial charge in [0.15, 0.2) is 23.3 Å². The first-order valence-corrected chi connectivity index (χ1v) is 5.28. The molecule has 0 heterocycles. The van der Waals surface area contributed by atoms with E-state index >= 15 is 0 Å². The van der Waals surface area contributed by atoms with Crippen molar-refractivity contribution < 1.29 is 42.8 Å². The van der Waals surface area contributed by atoms with Gasteiger partial charge in [0, 0.05) is 0 Å². The Labute approximate surface area is 115 Å². The van der Waals surface area contributed by atoms with Crippen molar-refractivity contribution in [3.05, 3.63) is 17.7 Å². The van der Waals surface area contributed by atoms with Crippen LogP contribution in [0.3, 0.4) is 0 Å². The SMILES string of the molecule is COC(=O)C(NC(=O)C(F)(F)F)c1cc(O)c(O)c(O)c1. The van der Waals surface area contributed by atoms with E-state index in [0.29, 0.717) is 12.1 Å². The molecule has 0 spiro atoms. The normalized spacial score (nSPS) is 12.6. The summed E-state index contributed by atoms with van der Waals surface area (Å²) in [6.07, 6.45) is -5.24. The van der Waals surface area contributed by atoms with Crippen molar-refractivity contribution in [1.82, 2.24) is 5.32 Å². The fourth-order valence-electron chi connectivity index (χ4n) is 1.40. The van der Waals surface area contributed by atoms with E-state index in [1.54, 1.807) is 0 Å². The second-order valence-electron chi connectivity index (χ2n) is 3.84. The van der Waals surface area contributed by atoms with Gasteiger partial charge >= 0.3 is 18.1 Å². The van der Waals surface area contributed by atoms with E-state index in [-0.39, 0.29) is 0 Å². The average Bonchev–Trinajstić information content (AvgIpc) is 2.39. The van der Waals surface area contributed by atoms with E-state index in [0.717, 1.165) is 7.11 Å². The number of halogens is 3. The summed E-state index contributed by atoms with van der Waals surface area (Å²) in [7, 11) is 0.870. The van der Waals surface area contributed by atoms with Crippen LogP contribution in [0.2, 0.25) is 0 Å². The van der Waals surface area contributed by atoms with E-state index in [1.807, 2.05) is 0 Å². The molecule has 4 N–H and O–H groups in total. The van der Waals surface area contributed by atoms with Crippen LogP contribution >= 0.6 is 0 Å². The molecule has 1 amide bonds. The molecule has 1 aromatic carbocycles. The molecule has 0 aromatic heterocycles. The number of ether oxygens (including phenoxy) is 1. The zero-order valence-electron chi connectivity index (χ0n) is 10.4. The number of hydrogen-bond donors (Lipinski definition) is 4. The van der Waals surface area contributed by atoms with Crippen molar-refractivity contribution in [3.63, 3.8) is 0 Å². The molecule has 1 unspecified atom stereocenters. The van der Waals surface area contributed by atoms with E-state index in [9.17, 15) is 33.0 Å². The van der Waals surface area contributed by atoms with Crippen molar-refractivity contribution in [1.29, 1.82) is 0 Å². The van der Waals surface area contributed by atoms with Gasteiger partial charge in [-0.1, -0.05) is 0 Å². The summed E-state index contributed by atoms with van der Waals surface area (Å²) in [5.41, 5.74) is -0.410. The number of nitrogens with one attached hydrogen (secondary N) is 1. The summed E-state index contributed by atoms with van der Waals surface area (Å²) in [5, 5.41) is 29.1. The molecule has 0 saturated heterocycles. The second-order valence-corrected chi connectivity index (χ2v) is 3.84. The number of carbonyl (C=O) groups is 2. The Morgan fingerprint density at radius 1 is 1.19 bits per heavy atom. The number of benzene rings is 1. The van der Waals surface area contributed by atoms with Gasteiger partial charge in [0.2, 0.25) is 0 Å². The van der Waals surface area contributed by atoms with Crippen LogP contribution < -0.4 is 5.32 Å². The Hall–Kier alpha value is -2.65. The third-order valence-corrected chi connectivity index (χ3v) is 2.40. The van der Waals surface area contributed by atoms with Gasteiger partial charge in [-0.2, -0.15) is 13.2 Å². The number of carbonyl (C=O) groups excluding carboxylic acids is 2. The molecule has 116 valence electrons. The number of methoxy groups -OCH3 is 1. The first-order valence-electron chi connectivity index (χ1n) is 5.28. The minimum atomic E-state index is -5.24. The monoisotopic (exact) mass is 309 g/mol. The smallest absolute Gasteiger partial charge is 0.471 e. The first kappa shape index (κ1) is 16.4. The molecule has 0 aliphatic rings. The maximum Gasteiger partial charge on any atom is 0.471 e. The Balaban J connectivity index is 3.21. The largest absolute Gasteiger partial charge is 0.504 e. The summed E-state index contributed by atoms with van der Waals surface area (Å²) >= 11 is 0. The highest BCUT2D eigenvalue weighted by Crippen LogP contribution is 2.37. The fourth-order valence-corrected chi connectivity index (χ4v) is 1.40. The third-order valence-electron chi connectivity index (χ3n) is 2.40. The molecule has 0 bridgehead atoms. The molecule has 1 atom stereocenters. The number of amides is 1. The number of rotatable bonds is 3. The maximum atomic E-state index is 12.2. The third kappa shape index (κ3) is 3.68. The van der Waals surface area contributed by atoms with Crippen molar-refractivity contribution >= 4 is 11.9 Å². The lowest BCUT2D eigenvalue weighted by molar-refractivity contribution is -0.175. The van der Waals surface area contributed by atoms with Crippen molar-refractivity contribution in [2.75, 3.05) is 7.11 Å². The molecular weight excluding hydrogens is 299 g/mol. The van der Waals surface area contributed by atoms with Crippen molar-refractivity contribution in [2.24, 2.45) is 0 Å². The van der Waals surface area contributed by atoms with E-state index < -0.39 is 46.9 Å². The van der Waals surface area contributed by atoms with Crippen LogP contribution in [-0.2, 0) is 14.3 Å². The molecule has 0 aliphatic heterocycles. The minimum absolute atomic E-state index is 0.410. The summed E-state index contributed by atoms with van der Waals surface area (Å²) in [5.74, 6) is -6.38. The van der Waals surface area contributed by atoms with Crippen molar-refractivity contribution in [2.45, 2.75) is 12.2 Å². The molecule has 0 aliphatic carbocycles. The van der Waals surface area contributed by atoms with Gasteiger partial charge in [-0.25, -0.2) is 4.79 Å². The molecule has 0 radical (unpaired) electrons. The van der Waals surface area contributed by atoms with Gasteiger partial charge in [0.05, 0.1) is 7.11 Å². The molecule has 7 nitrogen and oxygen atoms in total. The number of aromatic hydroxyl groups is 3. The molecule has 0 fully saturated rings. The number of phenolic OH excluding ortho intramolecular Hbond substituents is 3. The summed E-state index contributed by atoms with van der Waals surface area (Å²) in [6.45, 7) is 0. The maximum absolute atomic E-state index is 12.2. The van der Waals surface area contributed by atoms with Gasteiger partial charge in [-0.3, -0.25) is 4.79 Å². The fraction of sp³-hybridized carbons (Fsp3) is 0.273. The highest BCUT2D eigenvalue weighted by Gasteiger charge is 2.41. The summed E-state index contributed by atoms with van der Waals surface area (Å²) in [6, 6.07) is -0.526. The van der Waals surface area contributed by atoms with Gasteiger partial charge in [-0.05, 0) is 17.7 Å². The molecule has 1 aromatic rings. The topological polar surface area (TPSA) is 116 Å². The Kier molecular flexibility index (Phi) is 4.51. The minimum Gasteiger partial charge on any atom is -0.504 e. The molecule has 21 heavy (non-hydrogen) atoms. The van der Waals surface area contributed by atoms with Gasteiger partial charge in [0.1, 0.15) is 0 Å². The lowest BCUT2D eigenvalue weighted by Gasteiger charge is -2.18. The number of hydrogen-bond acceptors (Lipinski definition) is 6. The van der Waals surface area contributed by atoms with Crippen molar-refractivity contribution in [3.8, 4) is 17.2 Å². The first-order chi connectivity index (χ1) is 9.57. The predicted octanol–water partition coefficient (Wildman–Crippen LogP) is 0.696. The number of alkyl halides is 3. The van der Waals surface area contributed by atoms with Crippen LogP contribution in [0.25, 0.3) is 0 Å². The van der Waals surface area contributed by atoms with E-state index in [1.165, 1.54) is 5.32 Å². The molecule has 1 rings (SSSR count). The summed E-state index contributed by atoms with van der Waals surface area (Å²) < 4.78 is 40.9. The molecular formula is C11H10F3NO6. The predicted molar refractivity (Wildman–Crippen MR) is 60.4 cm³/mol. The molecule has 0 saturated carbocycles. The lowest BCUT2D eigenvalue weighted by Crippen LogP contribution is -2.42. The van der Waals surface area contributed by atoms with E-state index in [2.05, 4.69) is 4.74 Å². The van der Waals surface area contributed by atoms with Crippen LogP contribution in [-0.4, -0.2) is 40.5 Å². The average molecular weight is 309 g/mol. The van der Waals surface area contributed by atoms with Gasteiger partial charge in [-0.15, -0.1) is 0 Å². The van der Waals surface area contributed by atoms with Gasteiger partial charge in [0.25, 0.3) is 0 Å². The quantitative estimate of drug-likeness (QED) is 0.482. The highest BCUT2D eigenvalue weighted by atomic mass is 19.4. The van der Waals surface area contributed by atoms with Crippen LogP contribution in [0.5, 0.6) is 17.2 Å². The molecule has 10 heteroatoms. The summed E-state index contributed by atoms with van der Waals surface area (Å²) in [4.78, 5) is 22.3. The van der Waals surface area contributed by atoms with Crippen LogP contribution in [0.1, 0.15) is 11.6 Å². The Morgan fingerprint density at radius 2 is 1.67 bits per heavy atom. The van der Waals surface area contributed by atoms with Gasteiger partial charge < -0.3 is 25.4 Å². The number of phenols is 3. The van der Waals surface area contributed by atoms with Crippen LogP contribution in [0.15, 0.2) is 12.1 Å². The highest BCUT2D eigenvalue weighted by molar-refractivity contribution is 5.88. The Bertz CT molecular complexity index is 549. The van der Waals surface area contributed by atoms with E-state index in [4.69, 9.17) is 5.11 Å². The standard InChI is InChI=1S/C11H10F3NO6/c1-21-9(19)7(15-10(20)11(12,13)14)4-2-5(16)8(18)6(17)3-4/h2-3,7,16-18H,1H3,(H,15,20). The lowest BCUT2D eigenvalue weighted by atomic mass is 10.1. The second kappa shape index (κ2) is 5.77. The zero-order chi connectivity index (χ0) is 16.4. The Morgan fingerprint density at radius 3 is 2.05 bits per heavy atom.